The van der Waals surface area contributed by atoms with Crippen molar-refractivity contribution in [1.82, 2.24) is 9.97 Å². The van der Waals surface area contributed by atoms with Crippen LogP contribution in [0.15, 0.2) is 6.07 Å². The number of aryl methyl sites for hydroxylation is 1. The van der Waals surface area contributed by atoms with Gasteiger partial charge in [0, 0.05) is 24.2 Å². The molecule has 2 rings (SSSR count). The highest BCUT2D eigenvalue weighted by Gasteiger charge is 2.21. The van der Waals surface area contributed by atoms with Gasteiger partial charge in [-0.1, -0.05) is 0 Å². The molecule has 100 valence electrons. The lowest BCUT2D eigenvalue weighted by atomic mass is 10.0. The summed E-state index contributed by atoms with van der Waals surface area (Å²) in [7, 11) is 0. The summed E-state index contributed by atoms with van der Waals surface area (Å²) in [6, 6.07) is 2.57. The number of nitrogens with zero attached hydrogens (tertiary/aromatic N) is 2. The number of hydrogen-bond acceptors (Lipinski definition) is 5. The maximum Gasteiger partial charge on any atom is 0.132 e. The Labute approximate surface area is 109 Å². The summed E-state index contributed by atoms with van der Waals surface area (Å²) < 4.78 is 0. The second-order valence-electron chi connectivity index (χ2n) is 5.77. The smallest absolute Gasteiger partial charge is 0.132 e. The minimum absolute atomic E-state index is 0.149. The van der Waals surface area contributed by atoms with E-state index in [2.05, 4.69) is 20.6 Å². The van der Waals surface area contributed by atoms with E-state index >= 15 is 0 Å². The Balaban J connectivity index is 1.92. The van der Waals surface area contributed by atoms with Gasteiger partial charge in [-0.2, -0.15) is 0 Å². The normalized spacial score (nSPS) is 15.6. The molecule has 4 N–H and O–H groups in total. The first-order valence-corrected chi connectivity index (χ1v) is 6.57. The van der Waals surface area contributed by atoms with Crippen molar-refractivity contribution in [3.05, 3.63) is 11.9 Å². The van der Waals surface area contributed by atoms with Crippen LogP contribution in [-0.4, -0.2) is 28.1 Å². The molecular weight excluding hydrogens is 226 g/mol. The van der Waals surface area contributed by atoms with Crippen LogP contribution in [-0.2, 0) is 0 Å². The van der Waals surface area contributed by atoms with E-state index in [1.54, 1.807) is 0 Å². The maximum absolute atomic E-state index is 5.95. The molecular formula is C13H23N5. The van der Waals surface area contributed by atoms with E-state index in [0.29, 0.717) is 6.04 Å². The van der Waals surface area contributed by atoms with Crippen molar-refractivity contribution in [2.45, 2.75) is 51.6 Å². The molecule has 1 fully saturated rings. The molecule has 0 amide bonds. The zero-order valence-corrected chi connectivity index (χ0v) is 11.5. The zero-order valence-electron chi connectivity index (χ0n) is 11.5. The van der Waals surface area contributed by atoms with Gasteiger partial charge >= 0.3 is 0 Å². The summed E-state index contributed by atoms with van der Waals surface area (Å²) in [6.45, 7) is 6.79. The summed E-state index contributed by atoms with van der Waals surface area (Å²) in [5.74, 6) is 2.57. The van der Waals surface area contributed by atoms with Crippen LogP contribution in [0.4, 0.5) is 11.6 Å². The van der Waals surface area contributed by atoms with Gasteiger partial charge < -0.3 is 16.4 Å². The van der Waals surface area contributed by atoms with E-state index in [1.807, 2.05) is 26.8 Å². The molecule has 1 aliphatic rings. The van der Waals surface area contributed by atoms with Crippen molar-refractivity contribution >= 4 is 11.6 Å². The molecule has 18 heavy (non-hydrogen) atoms. The molecule has 1 saturated carbocycles. The Bertz CT molecular complexity index is 406. The summed E-state index contributed by atoms with van der Waals surface area (Å²) in [6.07, 6.45) is 3.39. The summed E-state index contributed by atoms with van der Waals surface area (Å²) in [5, 5.41) is 6.69. The molecule has 0 radical (unpaired) electrons. The van der Waals surface area contributed by atoms with Crippen LogP contribution in [0.1, 0.15) is 38.9 Å². The fourth-order valence-corrected chi connectivity index (χ4v) is 1.68. The Kier molecular flexibility index (Phi) is 3.71. The molecule has 0 aliphatic heterocycles. The molecule has 5 heteroatoms. The van der Waals surface area contributed by atoms with Crippen LogP contribution < -0.4 is 16.4 Å². The van der Waals surface area contributed by atoms with Gasteiger partial charge in [-0.15, -0.1) is 0 Å². The average Bonchev–Trinajstić information content (AvgIpc) is 2.98. The van der Waals surface area contributed by atoms with Crippen molar-refractivity contribution in [1.29, 1.82) is 0 Å². The van der Waals surface area contributed by atoms with Gasteiger partial charge in [0.2, 0.25) is 0 Å². The lowest BCUT2D eigenvalue weighted by molar-refractivity contribution is 0.490. The molecule has 1 aromatic heterocycles. The highest BCUT2D eigenvalue weighted by Crippen LogP contribution is 2.24. The fourth-order valence-electron chi connectivity index (χ4n) is 1.68. The first kappa shape index (κ1) is 13.1. The van der Waals surface area contributed by atoms with Crippen LogP contribution >= 0.6 is 0 Å². The highest BCUT2D eigenvalue weighted by atomic mass is 15.1. The number of aromatic nitrogens is 2. The van der Waals surface area contributed by atoms with Gasteiger partial charge in [0.1, 0.15) is 17.5 Å². The molecule has 1 aromatic rings. The van der Waals surface area contributed by atoms with E-state index in [9.17, 15) is 0 Å². The second kappa shape index (κ2) is 5.10. The van der Waals surface area contributed by atoms with Crippen LogP contribution in [0.3, 0.4) is 0 Å². The molecule has 0 aromatic carbocycles. The number of nitrogens with two attached hydrogens (primary N) is 1. The summed E-state index contributed by atoms with van der Waals surface area (Å²) in [4.78, 5) is 8.76. The van der Waals surface area contributed by atoms with Gasteiger partial charge in [-0.3, -0.25) is 0 Å². The Morgan fingerprint density at radius 2 is 2.00 bits per heavy atom. The number of hydrogen-bond donors (Lipinski definition) is 3. The first-order chi connectivity index (χ1) is 8.42. The predicted molar refractivity (Wildman–Crippen MR) is 74.8 cm³/mol. The molecule has 0 bridgehead atoms. The lowest BCUT2D eigenvalue weighted by Crippen LogP contribution is -2.34. The number of anilines is 2. The third-order valence-corrected chi connectivity index (χ3v) is 2.84. The third kappa shape index (κ3) is 4.49. The van der Waals surface area contributed by atoms with Crippen LogP contribution in [0.5, 0.6) is 0 Å². The molecule has 1 aliphatic carbocycles. The molecule has 5 nitrogen and oxygen atoms in total. The Hall–Kier alpha value is -1.36. The van der Waals surface area contributed by atoms with E-state index in [1.165, 1.54) is 12.8 Å². The SMILES string of the molecule is Cc1nc(NCCC(C)(C)N)cc(NC2CC2)n1. The van der Waals surface area contributed by atoms with Gasteiger partial charge in [0.15, 0.2) is 0 Å². The number of nitrogens with one attached hydrogen (secondary N) is 2. The number of rotatable bonds is 6. The Morgan fingerprint density at radius 1 is 1.33 bits per heavy atom. The van der Waals surface area contributed by atoms with E-state index in [4.69, 9.17) is 5.73 Å². The summed E-state index contributed by atoms with van der Waals surface area (Å²) in [5.41, 5.74) is 5.80. The largest absolute Gasteiger partial charge is 0.370 e. The van der Waals surface area contributed by atoms with Gasteiger partial charge in [-0.05, 0) is 40.0 Å². The second-order valence-corrected chi connectivity index (χ2v) is 5.77. The topological polar surface area (TPSA) is 75.9 Å². The van der Waals surface area contributed by atoms with Crippen LogP contribution in [0.2, 0.25) is 0 Å². The lowest BCUT2D eigenvalue weighted by Gasteiger charge is -2.18. The summed E-state index contributed by atoms with van der Waals surface area (Å²) >= 11 is 0. The van der Waals surface area contributed by atoms with E-state index in [-0.39, 0.29) is 5.54 Å². The highest BCUT2D eigenvalue weighted by molar-refractivity contribution is 5.48. The third-order valence-electron chi connectivity index (χ3n) is 2.84. The fraction of sp³-hybridized carbons (Fsp3) is 0.692. The minimum atomic E-state index is -0.149. The Morgan fingerprint density at radius 3 is 2.61 bits per heavy atom. The van der Waals surface area contributed by atoms with Gasteiger partial charge in [-0.25, -0.2) is 9.97 Å². The molecule has 0 atom stereocenters. The van der Waals surface area contributed by atoms with Crippen LogP contribution in [0, 0.1) is 6.92 Å². The van der Waals surface area contributed by atoms with Gasteiger partial charge in [0.25, 0.3) is 0 Å². The van der Waals surface area contributed by atoms with E-state index < -0.39 is 0 Å². The predicted octanol–water partition coefficient (Wildman–Crippen LogP) is 1.90. The van der Waals surface area contributed by atoms with Gasteiger partial charge in [0.05, 0.1) is 0 Å². The van der Waals surface area contributed by atoms with Crippen molar-refractivity contribution in [3.63, 3.8) is 0 Å². The quantitative estimate of drug-likeness (QED) is 0.718. The monoisotopic (exact) mass is 249 g/mol. The molecule has 0 saturated heterocycles. The van der Waals surface area contributed by atoms with Crippen molar-refractivity contribution in [3.8, 4) is 0 Å². The zero-order chi connectivity index (χ0) is 13.2. The van der Waals surface area contributed by atoms with Crippen LogP contribution in [0.25, 0.3) is 0 Å². The van der Waals surface area contributed by atoms with Crippen molar-refractivity contribution in [2.24, 2.45) is 5.73 Å². The van der Waals surface area contributed by atoms with Crippen molar-refractivity contribution < 1.29 is 0 Å². The molecule has 0 spiro atoms. The first-order valence-electron chi connectivity index (χ1n) is 6.57. The maximum atomic E-state index is 5.95. The molecule has 1 heterocycles. The molecule has 0 unspecified atom stereocenters. The van der Waals surface area contributed by atoms with E-state index in [0.717, 1.165) is 30.4 Å². The average molecular weight is 249 g/mol. The van der Waals surface area contributed by atoms with Crippen molar-refractivity contribution in [2.75, 3.05) is 17.2 Å². The standard InChI is InChI=1S/C13H23N5/c1-9-16-11(15-7-6-13(2,3)14)8-12(17-9)18-10-4-5-10/h8,10H,4-7,14H2,1-3H3,(H2,15,16,17,18). The minimum Gasteiger partial charge on any atom is -0.370 e.